The lowest BCUT2D eigenvalue weighted by molar-refractivity contribution is -0.121. The molecular weight excluding hydrogens is 232 g/mol. The summed E-state index contributed by atoms with van der Waals surface area (Å²) in [5.74, 6) is 0. The Kier molecular flexibility index (Phi) is 5.03. The van der Waals surface area contributed by atoms with Gasteiger partial charge in [0.15, 0.2) is 8.32 Å². The van der Waals surface area contributed by atoms with E-state index >= 15 is 0 Å². The standard InChI is InChI=1S/C13H30O3Si/c1-11(2,3)13(15,9-14)10-16-17(7,8)12(4,5)6/h14-15H,9-10H2,1-8H3/t13-/m1/s1. The van der Waals surface area contributed by atoms with Crippen LogP contribution in [0.5, 0.6) is 0 Å². The lowest BCUT2D eigenvalue weighted by Gasteiger charge is -2.43. The molecule has 0 radical (unpaired) electrons. The van der Waals surface area contributed by atoms with Gasteiger partial charge in [0, 0.05) is 0 Å². The van der Waals surface area contributed by atoms with Gasteiger partial charge in [-0.25, -0.2) is 0 Å². The molecule has 0 bridgehead atoms. The van der Waals surface area contributed by atoms with Crippen LogP contribution in [-0.4, -0.2) is 37.3 Å². The van der Waals surface area contributed by atoms with Crippen LogP contribution in [-0.2, 0) is 4.43 Å². The highest BCUT2D eigenvalue weighted by atomic mass is 28.4. The summed E-state index contributed by atoms with van der Waals surface area (Å²) in [7, 11) is -1.88. The molecular formula is C13H30O3Si. The molecule has 3 nitrogen and oxygen atoms in total. The Bertz CT molecular complexity index is 250. The van der Waals surface area contributed by atoms with Crippen molar-refractivity contribution in [2.75, 3.05) is 13.2 Å². The Morgan fingerprint density at radius 1 is 1.00 bits per heavy atom. The van der Waals surface area contributed by atoms with Gasteiger partial charge in [-0.15, -0.1) is 0 Å². The summed E-state index contributed by atoms with van der Waals surface area (Å²) in [4.78, 5) is 0. The summed E-state index contributed by atoms with van der Waals surface area (Å²) in [6.45, 7) is 16.4. The van der Waals surface area contributed by atoms with Gasteiger partial charge in [-0.2, -0.15) is 0 Å². The molecule has 17 heavy (non-hydrogen) atoms. The van der Waals surface area contributed by atoms with Gasteiger partial charge in [-0.3, -0.25) is 0 Å². The predicted octanol–water partition coefficient (Wildman–Crippen LogP) is 2.78. The Labute approximate surface area is 107 Å². The third kappa shape index (κ3) is 4.05. The first-order chi connectivity index (χ1) is 7.27. The minimum Gasteiger partial charge on any atom is -0.414 e. The minimum absolute atomic E-state index is 0.112. The number of aliphatic hydroxyl groups is 2. The molecule has 0 rings (SSSR count). The molecule has 1 atom stereocenters. The lowest BCUT2D eigenvalue weighted by atomic mass is 9.77. The monoisotopic (exact) mass is 262 g/mol. The lowest BCUT2D eigenvalue weighted by Crippen LogP contribution is -2.54. The van der Waals surface area contributed by atoms with Crippen LogP contribution in [0.15, 0.2) is 0 Å². The third-order valence-corrected chi connectivity index (χ3v) is 8.61. The largest absolute Gasteiger partial charge is 0.414 e. The maximum atomic E-state index is 10.4. The van der Waals surface area contributed by atoms with Crippen LogP contribution in [0.2, 0.25) is 18.1 Å². The van der Waals surface area contributed by atoms with Gasteiger partial charge in [-0.05, 0) is 23.5 Å². The van der Waals surface area contributed by atoms with Gasteiger partial charge in [0.25, 0.3) is 0 Å². The Morgan fingerprint density at radius 3 is 1.65 bits per heavy atom. The van der Waals surface area contributed by atoms with Crippen LogP contribution in [0.4, 0.5) is 0 Å². The first-order valence-corrected chi connectivity index (χ1v) is 9.15. The van der Waals surface area contributed by atoms with Crippen molar-refractivity contribution in [2.24, 2.45) is 5.41 Å². The second-order valence-corrected chi connectivity index (χ2v) is 12.3. The number of aliphatic hydroxyl groups excluding tert-OH is 1. The second kappa shape index (κ2) is 5.00. The van der Waals surface area contributed by atoms with Crippen molar-refractivity contribution in [3.8, 4) is 0 Å². The number of hydrogen-bond acceptors (Lipinski definition) is 3. The van der Waals surface area contributed by atoms with E-state index < -0.39 is 19.3 Å². The maximum absolute atomic E-state index is 10.4. The molecule has 0 saturated heterocycles. The first kappa shape index (κ1) is 17.1. The average Bonchev–Trinajstić information content (AvgIpc) is 2.10. The molecule has 0 heterocycles. The highest BCUT2D eigenvalue weighted by Crippen LogP contribution is 2.38. The second-order valence-electron chi connectivity index (χ2n) is 7.49. The molecule has 0 aliphatic heterocycles. The minimum atomic E-state index is -1.88. The fourth-order valence-electron chi connectivity index (χ4n) is 1.02. The van der Waals surface area contributed by atoms with Crippen molar-refractivity contribution in [1.82, 2.24) is 0 Å². The molecule has 0 aromatic heterocycles. The maximum Gasteiger partial charge on any atom is 0.192 e. The molecule has 104 valence electrons. The van der Waals surface area contributed by atoms with E-state index in [2.05, 4.69) is 33.9 Å². The molecule has 0 aliphatic rings. The molecule has 0 spiro atoms. The zero-order chi connectivity index (χ0) is 14.1. The molecule has 0 aliphatic carbocycles. The van der Waals surface area contributed by atoms with Crippen LogP contribution in [0.1, 0.15) is 41.5 Å². The fourth-order valence-corrected chi connectivity index (χ4v) is 2.05. The Morgan fingerprint density at radius 2 is 1.41 bits per heavy atom. The van der Waals surface area contributed by atoms with Crippen molar-refractivity contribution in [3.63, 3.8) is 0 Å². The molecule has 0 saturated carbocycles. The van der Waals surface area contributed by atoms with E-state index in [0.29, 0.717) is 0 Å². The number of rotatable bonds is 4. The van der Waals surface area contributed by atoms with Gasteiger partial charge >= 0.3 is 0 Å². The van der Waals surface area contributed by atoms with Crippen LogP contribution in [0.25, 0.3) is 0 Å². The summed E-state index contributed by atoms with van der Waals surface area (Å²) in [5.41, 5.74) is -1.58. The van der Waals surface area contributed by atoms with E-state index in [1.165, 1.54) is 0 Å². The van der Waals surface area contributed by atoms with Crippen molar-refractivity contribution >= 4 is 8.32 Å². The summed E-state index contributed by atoms with van der Waals surface area (Å²) >= 11 is 0. The molecule has 0 unspecified atom stereocenters. The fraction of sp³-hybridized carbons (Fsp3) is 1.00. The third-order valence-electron chi connectivity index (χ3n) is 4.14. The van der Waals surface area contributed by atoms with Crippen molar-refractivity contribution < 1.29 is 14.6 Å². The van der Waals surface area contributed by atoms with Gasteiger partial charge in [0.05, 0.1) is 13.2 Å². The topological polar surface area (TPSA) is 49.7 Å². The Balaban J connectivity index is 4.77. The zero-order valence-corrected chi connectivity index (χ0v) is 13.7. The highest BCUT2D eigenvalue weighted by Gasteiger charge is 2.44. The van der Waals surface area contributed by atoms with Gasteiger partial charge in [0.1, 0.15) is 5.60 Å². The summed E-state index contributed by atoms with van der Waals surface area (Å²) in [6, 6.07) is 0. The molecule has 0 aromatic rings. The van der Waals surface area contributed by atoms with Crippen LogP contribution >= 0.6 is 0 Å². The van der Waals surface area contributed by atoms with Crippen LogP contribution in [0.3, 0.4) is 0 Å². The number of hydrogen-bond donors (Lipinski definition) is 2. The highest BCUT2D eigenvalue weighted by molar-refractivity contribution is 6.74. The molecule has 0 amide bonds. The predicted molar refractivity (Wildman–Crippen MR) is 74.6 cm³/mol. The van der Waals surface area contributed by atoms with Crippen molar-refractivity contribution in [3.05, 3.63) is 0 Å². The van der Waals surface area contributed by atoms with E-state index in [-0.39, 0.29) is 18.3 Å². The normalized spacial score (nSPS) is 18.0. The van der Waals surface area contributed by atoms with Gasteiger partial charge in [-0.1, -0.05) is 41.5 Å². The van der Waals surface area contributed by atoms with E-state index in [4.69, 9.17) is 4.43 Å². The Hall–Kier alpha value is 0.0969. The molecule has 2 N–H and O–H groups in total. The quantitative estimate of drug-likeness (QED) is 0.766. The molecule has 0 aromatic carbocycles. The van der Waals surface area contributed by atoms with Crippen LogP contribution in [0, 0.1) is 5.41 Å². The van der Waals surface area contributed by atoms with Crippen molar-refractivity contribution in [1.29, 1.82) is 0 Å². The SMILES string of the molecule is CC(C)(C)[C@@](O)(CO)CO[Si](C)(C)C(C)(C)C. The zero-order valence-electron chi connectivity index (χ0n) is 12.7. The van der Waals surface area contributed by atoms with E-state index in [1.807, 2.05) is 20.8 Å². The van der Waals surface area contributed by atoms with Crippen molar-refractivity contribution in [2.45, 2.75) is 65.3 Å². The van der Waals surface area contributed by atoms with E-state index in [9.17, 15) is 10.2 Å². The average molecular weight is 262 g/mol. The molecule has 0 fully saturated rings. The first-order valence-electron chi connectivity index (χ1n) is 6.24. The van der Waals surface area contributed by atoms with E-state index in [1.54, 1.807) is 0 Å². The summed E-state index contributed by atoms with van der Waals surface area (Å²) in [6.07, 6.45) is 0. The van der Waals surface area contributed by atoms with Crippen LogP contribution < -0.4 is 0 Å². The summed E-state index contributed by atoms with van der Waals surface area (Å²) in [5, 5.41) is 20.0. The smallest absolute Gasteiger partial charge is 0.192 e. The van der Waals surface area contributed by atoms with Gasteiger partial charge < -0.3 is 14.6 Å². The molecule has 4 heteroatoms. The summed E-state index contributed by atoms with van der Waals surface area (Å²) < 4.78 is 6.01. The van der Waals surface area contributed by atoms with E-state index in [0.717, 1.165) is 0 Å². The van der Waals surface area contributed by atoms with Gasteiger partial charge in [0.2, 0.25) is 0 Å².